The quantitative estimate of drug-likeness (QED) is 0.410. The van der Waals surface area contributed by atoms with Crippen molar-refractivity contribution in [2.75, 3.05) is 13.4 Å². The van der Waals surface area contributed by atoms with Crippen LogP contribution < -0.4 is 0 Å². The van der Waals surface area contributed by atoms with Gasteiger partial charge in [0.25, 0.3) is 0 Å². The molecule has 0 unspecified atom stereocenters. The van der Waals surface area contributed by atoms with E-state index in [0.717, 1.165) is 23.4 Å². The standard InChI is InChI=1S/C16H26N2O4SSi/c1-16(2,19)14-8-13(18-22-14)15-17-12(10-23-15)9-21-11-20-6-7-24(3,4)5/h8,10,19H,6-7,9,11H2,1-5H3. The predicted molar refractivity (Wildman–Crippen MR) is 96.6 cm³/mol. The lowest BCUT2D eigenvalue weighted by Gasteiger charge is -2.15. The molecule has 0 aliphatic heterocycles. The summed E-state index contributed by atoms with van der Waals surface area (Å²) < 4.78 is 16.2. The van der Waals surface area contributed by atoms with Gasteiger partial charge in [0.1, 0.15) is 23.1 Å². The molecule has 6 nitrogen and oxygen atoms in total. The fourth-order valence-electron chi connectivity index (χ4n) is 1.80. The summed E-state index contributed by atoms with van der Waals surface area (Å²) in [5.74, 6) is 0.418. The summed E-state index contributed by atoms with van der Waals surface area (Å²) in [5.41, 5.74) is 0.396. The fraction of sp³-hybridized carbons (Fsp3) is 0.625. The Bertz CT molecular complexity index is 643. The van der Waals surface area contributed by atoms with E-state index in [9.17, 15) is 5.11 Å². The summed E-state index contributed by atoms with van der Waals surface area (Å²) in [5, 5.41) is 16.5. The van der Waals surface area contributed by atoms with E-state index in [1.807, 2.05) is 5.38 Å². The maximum Gasteiger partial charge on any atom is 0.168 e. The summed E-state index contributed by atoms with van der Waals surface area (Å²) in [6.45, 7) is 11.7. The van der Waals surface area contributed by atoms with Gasteiger partial charge in [-0.2, -0.15) is 0 Å². The third-order valence-electron chi connectivity index (χ3n) is 3.30. The van der Waals surface area contributed by atoms with Gasteiger partial charge in [-0.25, -0.2) is 4.98 Å². The van der Waals surface area contributed by atoms with Crippen molar-refractivity contribution in [2.45, 2.75) is 51.7 Å². The number of aromatic nitrogens is 2. The van der Waals surface area contributed by atoms with Gasteiger partial charge in [0.15, 0.2) is 5.76 Å². The smallest absolute Gasteiger partial charge is 0.168 e. The fourth-order valence-corrected chi connectivity index (χ4v) is 3.31. The highest BCUT2D eigenvalue weighted by molar-refractivity contribution is 7.13. The second-order valence-corrected chi connectivity index (χ2v) is 13.9. The van der Waals surface area contributed by atoms with Crippen LogP contribution in [0, 0.1) is 0 Å². The molecule has 2 rings (SSSR count). The average Bonchev–Trinajstić information content (AvgIpc) is 3.09. The maximum absolute atomic E-state index is 9.91. The molecular formula is C16H26N2O4SSi. The number of aliphatic hydroxyl groups is 1. The van der Waals surface area contributed by atoms with Crippen LogP contribution in [0.3, 0.4) is 0 Å². The minimum absolute atomic E-state index is 0.282. The van der Waals surface area contributed by atoms with Crippen LogP contribution >= 0.6 is 11.3 Å². The van der Waals surface area contributed by atoms with Crippen molar-refractivity contribution in [2.24, 2.45) is 0 Å². The number of thiazole rings is 1. The molecule has 0 spiro atoms. The Morgan fingerprint density at radius 3 is 2.67 bits per heavy atom. The summed E-state index contributed by atoms with van der Waals surface area (Å²) in [6.07, 6.45) is 0. The summed E-state index contributed by atoms with van der Waals surface area (Å²) in [7, 11) is -1.05. The van der Waals surface area contributed by atoms with E-state index in [1.165, 1.54) is 11.3 Å². The van der Waals surface area contributed by atoms with E-state index in [0.29, 0.717) is 18.1 Å². The highest BCUT2D eigenvalue weighted by Gasteiger charge is 2.23. The highest BCUT2D eigenvalue weighted by atomic mass is 32.1. The number of ether oxygens (including phenoxy) is 2. The molecule has 0 aliphatic rings. The van der Waals surface area contributed by atoms with Gasteiger partial charge in [0.05, 0.1) is 12.3 Å². The molecule has 0 radical (unpaired) electrons. The first kappa shape index (κ1) is 19.3. The third-order valence-corrected chi connectivity index (χ3v) is 5.91. The Labute approximate surface area is 147 Å². The Balaban J connectivity index is 1.78. The van der Waals surface area contributed by atoms with Crippen LogP contribution in [0.4, 0.5) is 0 Å². The van der Waals surface area contributed by atoms with Crippen molar-refractivity contribution in [3.8, 4) is 10.7 Å². The highest BCUT2D eigenvalue weighted by Crippen LogP contribution is 2.28. The second kappa shape index (κ2) is 7.88. The molecule has 0 saturated heterocycles. The zero-order valence-corrected chi connectivity index (χ0v) is 16.8. The Morgan fingerprint density at radius 2 is 2.04 bits per heavy atom. The van der Waals surface area contributed by atoms with Crippen molar-refractivity contribution in [3.63, 3.8) is 0 Å². The van der Waals surface area contributed by atoms with Crippen LogP contribution in [0.15, 0.2) is 16.0 Å². The van der Waals surface area contributed by atoms with Crippen LogP contribution in [0.25, 0.3) is 10.7 Å². The summed E-state index contributed by atoms with van der Waals surface area (Å²) in [4.78, 5) is 4.47. The number of hydrogen-bond donors (Lipinski definition) is 1. The SMILES string of the molecule is CC(C)(O)c1cc(-c2nc(COCOCC[Si](C)(C)C)cs2)no1. The lowest BCUT2D eigenvalue weighted by molar-refractivity contribution is -0.0581. The van der Waals surface area contributed by atoms with E-state index in [2.05, 4.69) is 29.8 Å². The molecule has 1 N–H and O–H groups in total. The molecule has 0 bridgehead atoms. The lowest BCUT2D eigenvalue weighted by atomic mass is 10.1. The lowest BCUT2D eigenvalue weighted by Crippen LogP contribution is -2.22. The zero-order chi connectivity index (χ0) is 17.8. The van der Waals surface area contributed by atoms with Crippen molar-refractivity contribution in [1.82, 2.24) is 10.1 Å². The Kier molecular flexibility index (Phi) is 6.32. The van der Waals surface area contributed by atoms with Crippen LogP contribution in [-0.4, -0.2) is 36.7 Å². The van der Waals surface area contributed by atoms with E-state index >= 15 is 0 Å². The monoisotopic (exact) mass is 370 g/mol. The van der Waals surface area contributed by atoms with E-state index < -0.39 is 13.7 Å². The third kappa shape index (κ3) is 6.10. The number of rotatable bonds is 9. The van der Waals surface area contributed by atoms with Gasteiger partial charge in [-0.15, -0.1) is 11.3 Å². The van der Waals surface area contributed by atoms with Crippen LogP contribution in [0.1, 0.15) is 25.3 Å². The van der Waals surface area contributed by atoms with Crippen molar-refractivity contribution < 1.29 is 19.1 Å². The molecular weight excluding hydrogens is 344 g/mol. The molecule has 2 heterocycles. The molecule has 2 aromatic rings. The van der Waals surface area contributed by atoms with Gasteiger partial charge in [-0.05, 0) is 19.9 Å². The first-order valence-electron chi connectivity index (χ1n) is 7.95. The Hall–Kier alpha value is -1.06. The largest absolute Gasteiger partial charge is 0.382 e. The first-order valence-corrected chi connectivity index (χ1v) is 12.5. The normalized spacial score (nSPS) is 12.8. The molecule has 0 aromatic carbocycles. The minimum atomic E-state index is -1.05. The Morgan fingerprint density at radius 1 is 1.29 bits per heavy atom. The molecule has 0 saturated carbocycles. The van der Waals surface area contributed by atoms with Crippen LogP contribution in [0.5, 0.6) is 0 Å². The van der Waals surface area contributed by atoms with Crippen molar-refractivity contribution >= 4 is 19.4 Å². The molecule has 2 aromatic heterocycles. The molecule has 8 heteroatoms. The maximum atomic E-state index is 9.91. The summed E-state index contributed by atoms with van der Waals surface area (Å²) in [6, 6.07) is 2.84. The molecule has 134 valence electrons. The van der Waals surface area contributed by atoms with Crippen LogP contribution in [0.2, 0.25) is 25.7 Å². The van der Waals surface area contributed by atoms with Gasteiger partial charge in [0.2, 0.25) is 0 Å². The van der Waals surface area contributed by atoms with Crippen molar-refractivity contribution in [1.29, 1.82) is 0 Å². The zero-order valence-electron chi connectivity index (χ0n) is 15.0. The second-order valence-electron chi connectivity index (χ2n) is 7.46. The molecule has 24 heavy (non-hydrogen) atoms. The van der Waals surface area contributed by atoms with E-state index in [4.69, 9.17) is 14.0 Å². The molecule has 0 aliphatic carbocycles. The van der Waals surface area contributed by atoms with Gasteiger partial charge < -0.3 is 19.1 Å². The summed E-state index contributed by atoms with van der Waals surface area (Å²) >= 11 is 1.47. The first-order chi connectivity index (χ1) is 11.1. The van der Waals surface area contributed by atoms with Gasteiger partial charge >= 0.3 is 0 Å². The van der Waals surface area contributed by atoms with Gasteiger partial charge in [-0.1, -0.05) is 24.8 Å². The average molecular weight is 371 g/mol. The van der Waals surface area contributed by atoms with Crippen LogP contribution in [-0.2, 0) is 21.7 Å². The molecule has 0 fully saturated rings. The molecule has 0 atom stereocenters. The predicted octanol–water partition coefficient (Wildman–Crippen LogP) is 3.85. The van der Waals surface area contributed by atoms with E-state index in [1.54, 1.807) is 19.9 Å². The van der Waals surface area contributed by atoms with Gasteiger partial charge in [-0.3, -0.25) is 0 Å². The van der Waals surface area contributed by atoms with Gasteiger partial charge in [0, 0.05) is 26.1 Å². The number of hydrogen-bond acceptors (Lipinski definition) is 7. The minimum Gasteiger partial charge on any atom is -0.382 e. The van der Waals surface area contributed by atoms with E-state index in [-0.39, 0.29) is 6.79 Å². The van der Waals surface area contributed by atoms with Crippen molar-refractivity contribution in [3.05, 3.63) is 22.9 Å². The topological polar surface area (TPSA) is 77.6 Å². The molecule has 0 amide bonds. The number of nitrogens with zero attached hydrogens (tertiary/aromatic N) is 2.